The second-order valence-corrected chi connectivity index (χ2v) is 9.77. The Morgan fingerprint density at radius 2 is 1.82 bits per heavy atom. The molecule has 0 radical (unpaired) electrons. The molecule has 0 spiro atoms. The number of carbonyl (C=O) groups excluding carboxylic acids is 1. The number of carboxylic acid groups (broad SMARTS) is 1. The summed E-state index contributed by atoms with van der Waals surface area (Å²) in [5.41, 5.74) is 3.11. The molecule has 39 heavy (non-hydrogen) atoms. The molecule has 0 aliphatic carbocycles. The molecule has 1 aliphatic rings. The van der Waals surface area contributed by atoms with Gasteiger partial charge in [0.25, 0.3) is 5.79 Å². The van der Waals surface area contributed by atoms with Crippen LogP contribution in [0.4, 0.5) is 18.0 Å². The third kappa shape index (κ3) is 5.37. The van der Waals surface area contributed by atoms with E-state index < -0.39 is 24.1 Å². The molecule has 0 fully saturated rings. The molecule has 0 saturated carbocycles. The van der Waals surface area contributed by atoms with Gasteiger partial charge in [-0.1, -0.05) is 23.7 Å². The minimum Gasteiger partial charge on any atom is -0.452 e. The number of halogens is 4. The van der Waals surface area contributed by atoms with Crippen molar-refractivity contribution in [2.45, 2.75) is 39.0 Å². The van der Waals surface area contributed by atoms with Gasteiger partial charge in [0.15, 0.2) is 5.78 Å². The second-order valence-electron chi connectivity index (χ2n) is 9.33. The minimum absolute atomic E-state index is 0.178. The van der Waals surface area contributed by atoms with Crippen LogP contribution < -0.4 is 9.47 Å². The average Bonchev–Trinajstić information content (AvgIpc) is 3.30. The van der Waals surface area contributed by atoms with Gasteiger partial charge in [0.1, 0.15) is 11.5 Å². The Kier molecular flexibility index (Phi) is 6.46. The lowest BCUT2D eigenvalue weighted by Gasteiger charge is -2.21. The Hall–Kier alpha value is -4.18. The number of hydrogen-bond acceptors (Lipinski definition) is 5. The molecule has 4 aromatic rings. The van der Waals surface area contributed by atoms with Gasteiger partial charge in [-0.2, -0.15) is 0 Å². The van der Waals surface area contributed by atoms with Crippen LogP contribution in [0.3, 0.4) is 0 Å². The van der Waals surface area contributed by atoms with E-state index in [9.17, 15) is 22.8 Å². The van der Waals surface area contributed by atoms with Gasteiger partial charge in [-0.25, -0.2) is 4.79 Å². The van der Waals surface area contributed by atoms with Crippen molar-refractivity contribution in [1.82, 2.24) is 4.57 Å². The van der Waals surface area contributed by atoms with Crippen LogP contribution in [0.2, 0.25) is 5.02 Å². The van der Waals surface area contributed by atoms with Gasteiger partial charge in [-0.3, -0.25) is 4.79 Å². The highest BCUT2D eigenvalue weighted by Crippen LogP contribution is 2.38. The molecule has 1 unspecified atom stereocenters. The molecule has 11 heteroatoms. The van der Waals surface area contributed by atoms with Gasteiger partial charge in [0.05, 0.1) is 17.5 Å². The van der Waals surface area contributed by atoms with E-state index in [2.05, 4.69) is 4.74 Å². The lowest BCUT2D eigenvalue weighted by molar-refractivity contribution is -0.274. The number of aromatic nitrogens is 1. The minimum atomic E-state index is -4.88. The predicted octanol–water partition coefficient (Wildman–Crippen LogP) is 7.13. The Morgan fingerprint density at radius 3 is 2.49 bits per heavy atom. The maximum Gasteiger partial charge on any atom is 0.573 e. The average molecular weight is 560 g/mol. The highest BCUT2D eigenvalue weighted by atomic mass is 35.5. The summed E-state index contributed by atoms with van der Waals surface area (Å²) in [6, 6.07) is 15.5. The molecule has 0 bridgehead atoms. The Balaban J connectivity index is 1.57. The van der Waals surface area contributed by atoms with E-state index >= 15 is 0 Å². The lowest BCUT2D eigenvalue weighted by atomic mass is 10.0. The molecule has 5 rings (SSSR count). The first kappa shape index (κ1) is 26.4. The standard InChI is InChI=1S/C28H21ClF3NO6/c1-15-24(25(34)17-4-6-19(29)7-5-17)21-9-8-20(37-28(30,31)32)12-22(21)33(15)14-16-3-10-23-18(11-16)13-27(2,38-23)39-26(35)36/h3-12H,13-14H2,1-2H3,(H,35,36). The van der Waals surface area contributed by atoms with Crippen molar-refractivity contribution in [3.8, 4) is 11.5 Å². The van der Waals surface area contributed by atoms with Gasteiger partial charge >= 0.3 is 12.5 Å². The third-order valence-electron chi connectivity index (χ3n) is 6.47. The smallest absolute Gasteiger partial charge is 0.452 e. The monoisotopic (exact) mass is 559 g/mol. The Bertz CT molecular complexity index is 1610. The topological polar surface area (TPSA) is 87.0 Å². The van der Waals surface area contributed by atoms with Crippen LogP contribution in [-0.2, 0) is 17.7 Å². The zero-order valence-corrected chi connectivity index (χ0v) is 21.4. The summed E-state index contributed by atoms with van der Waals surface area (Å²) in [4.78, 5) is 24.6. The molecule has 202 valence electrons. The van der Waals surface area contributed by atoms with E-state index in [4.69, 9.17) is 26.2 Å². The molecule has 2 heterocycles. The molecule has 7 nitrogen and oxygen atoms in total. The van der Waals surface area contributed by atoms with Crippen LogP contribution >= 0.6 is 11.6 Å². The zero-order chi connectivity index (χ0) is 28.1. The number of nitrogens with zero attached hydrogens (tertiary/aromatic N) is 1. The third-order valence-corrected chi connectivity index (χ3v) is 6.72. The summed E-state index contributed by atoms with van der Waals surface area (Å²) in [5, 5.41) is 9.94. The summed E-state index contributed by atoms with van der Waals surface area (Å²) >= 11 is 5.97. The van der Waals surface area contributed by atoms with Crippen molar-refractivity contribution in [2.75, 3.05) is 0 Å². The van der Waals surface area contributed by atoms with E-state index in [1.807, 2.05) is 6.07 Å². The molecule has 0 amide bonds. The number of hydrogen-bond donors (Lipinski definition) is 1. The maximum absolute atomic E-state index is 13.5. The van der Waals surface area contributed by atoms with E-state index in [1.165, 1.54) is 25.1 Å². The number of alkyl halides is 3. The molecule has 3 aromatic carbocycles. The SMILES string of the molecule is Cc1c(C(=O)c2ccc(Cl)cc2)c2ccc(OC(F)(F)F)cc2n1Cc1ccc2c(c1)CC(C)(OC(=O)O)O2. The van der Waals surface area contributed by atoms with Crippen molar-refractivity contribution in [2.24, 2.45) is 0 Å². The molecule has 1 aliphatic heterocycles. The quantitative estimate of drug-likeness (QED) is 0.200. The highest BCUT2D eigenvalue weighted by molar-refractivity contribution is 6.30. The highest BCUT2D eigenvalue weighted by Gasteiger charge is 2.39. The van der Waals surface area contributed by atoms with Gasteiger partial charge in [0.2, 0.25) is 0 Å². The predicted molar refractivity (Wildman–Crippen MR) is 136 cm³/mol. The van der Waals surface area contributed by atoms with Crippen molar-refractivity contribution < 1.29 is 42.1 Å². The van der Waals surface area contributed by atoms with Crippen LogP contribution in [0, 0.1) is 6.92 Å². The van der Waals surface area contributed by atoms with Gasteiger partial charge in [0, 0.05) is 46.8 Å². The van der Waals surface area contributed by atoms with E-state index in [0.717, 1.165) is 5.56 Å². The molecule has 1 aromatic heterocycles. The molecular formula is C28H21ClF3NO6. The summed E-state index contributed by atoms with van der Waals surface area (Å²) in [5.74, 6) is -1.62. The number of rotatable bonds is 6. The van der Waals surface area contributed by atoms with Crippen LogP contribution in [0.15, 0.2) is 60.7 Å². The molecule has 0 saturated heterocycles. The number of ether oxygens (including phenoxy) is 3. The molecular weight excluding hydrogens is 539 g/mol. The maximum atomic E-state index is 13.5. The largest absolute Gasteiger partial charge is 0.573 e. The van der Waals surface area contributed by atoms with Gasteiger partial charge < -0.3 is 23.9 Å². The fraction of sp³-hybridized carbons (Fsp3) is 0.214. The summed E-state index contributed by atoms with van der Waals surface area (Å²) < 4.78 is 55.4. The van der Waals surface area contributed by atoms with E-state index in [1.54, 1.807) is 47.9 Å². The summed E-state index contributed by atoms with van der Waals surface area (Å²) in [7, 11) is 0. The van der Waals surface area contributed by atoms with Crippen molar-refractivity contribution in [3.05, 3.63) is 93.6 Å². The van der Waals surface area contributed by atoms with Crippen LogP contribution in [-0.4, -0.2) is 33.8 Å². The van der Waals surface area contributed by atoms with Crippen molar-refractivity contribution >= 4 is 34.4 Å². The van der Waals surface area contributed by atoms with Crippen molar-refractivity contribution in [1.29, 1.82) is 0 Å². The molecule has 1 atom stereocenters. The zero-order valence-electron chi connectivity index (χ0n) is 20.6. The second kappa shape index (κ2) is 9.53. The van der Waals surface area contributed by atoms with E-state index in [-0.39, 0.29) is 18.7 Å². The first-order valence-electron chi connectivity index (χ1n) is 11.7. The summed E-state index contributed by atoms with van der Waals surface area (Å²) in [6.45, 7) is 3.44. The van der Waals surface area contributed by atoms with Crippen LogP contribution in [0.5, 0.6) is 11.5 Å². The number of ketones is 1. The van der Waals surface area contributed by atoms with Crippen molar-refractivity contribution in [3.63, 3.8) is 0 Å². The summed E-state index contributed by atoms with van der Waals surface area (Å²) in [6.07, 6.45) is -6.17. The number of carbonyl (C=O) groups is 2. The Labute approximate surface area is 225 Å². The Morgan fingerprint density at radius 1 is 1.10 bits per heavy atom. The normalized spacial score (nSPS) is 16.6. The lowest BCUT2D eigenvalue weighted by Crippen LogP contribution is -2.35. The fourth-order valence-corrected chi connectivity index (χ4v) is 5.02. The first-order valence-corrected chi connectivity index (χ1v) is 12.1. The van der Waals surface area contributed by atoms with Gasteiger partial charge in [-0.05, 0) is 55.0 Å². The fourth-order valence-electron chi connectivity index (χ4n) is 4.90. The van der Waals surface area contributed by atoms with Crippen LogP contribution in [0.1, 0.15) is 39.7 Å². The number of benzene rings is 3. The molecule has 1 N–H and O–H groups in total. The van der Waals surface area contributed by atoms with Gasteiger partial charge in [-0.15, -0.1) is 13.2 Å². The van der Waals surface area contributed by atoms with E-state index in [0.29, 0.717) is 44.1 Å². The number of fused-ring (bicyclic) bond motifs is 2. The van der Waals surface area contributed by atoms with Crippen LogP contribution in [0.25, 0.3) is 10.9 Å². The first-order chi connectivity index (χ1) is 18.3.